The Hall–Kier alpha value is -2.83. The zero-order valence-corrected chi connectivity index (χ0v) is 16.1. The van der Waals surface area contributed by atoms with Crippen LogP contribution in [0.1, 0.15) is 44.8 Å². The number of rotatable bonds is 3. The molecule has 28 heavy (non-hydrogen) atoms. The molecule has 148 valence electrons. The monoisotopic (exact) mass is 383 g/mol. The predicted molar refractivity (Wildman–Crippen MR) is 103 cm³/mol. The molecule has 7 nitrogen and oxygen atoms in total. The molecule has 2 aliphatic rings. The summed E-state index contributed by atoms with van der Waals surface area (Å²) in [4.78, 5) is 41.1. The van der Waals surface area contributed by atoms with Crippen LogP contribution in [0.25, 0.3) is 11.0 Å². The van der Waals surface area contributed by atoms with E-state index in [9.17, 15) is 14.4 Å². The van der Waals surface area contributed by atoms with Gasteiger partial charge in [0.1, 0.15) is 17.9 Å². The fraction of sp³-hybridized carbons (Fsp3) is 0.476. The summed E-state index contributed by atoms with van der Waals surface area (Å²) in [5, 5.41) is 3.57. The lowest BCUT2D eigenvalue weighted by Crippen LogP contribution is -2.45. The van der Waals surface area contributed by atoms with Crippen molar-refractivity contribution in [3.8, 4) is 0 Å². The van der Waals surface area contributed by atoms with Gasteiger partial charge in [-0.2, -0.15) is 0 Å². The number of para-hydroxylation sites is 1. The second-order valence-corrected chi connectivity index (χ2v) is 7.74. The van der Waals surface area contributed by atoms with Crippen LogP contribution in [0.15, 0.2) is 34.7 Å². The summed E-state index contributed by atoms with van der Waals surface area (Å²) in [6, 6.07) is 8.63. The first kappa shape index (κ1) is 18.5. The summed E-state index contributed by atoms with van der Waals surface area (Å²) in [7, 11) is 0. The van der Waals surface area contributed by atoms with Crippen molar-refractivity contribution in [3.63, 3.8) is 0 Å². The third-order valence-corrected chi connectivity index (χ3v) is 5.70. The van der Waals surface area contributed by atoms with Crippen molar-refractivity contribution in [3.05, 3.63) is 36.1 Å². The van der Waals surface area contributed by atoms with Crippen molar-refractivity contribution in [2.24, 2.45) is 0 Å². The van der Waals surface area contributed by atoms with E-state index in [1.807, 2.05) is 24.3 Å². The number of urea groups is 1. The van der Waals surface area contributed by atoms with E-state index in [0.29, 0.717) is 24.4 Å². The topological polar surface area (TPSA) is 82.9 Å². The largest absolute Gasteiger partial charge is 0.458 e. The van der Waals surface area contributed by atoms with E-state index in [2.05, 4.69) is 5.32 Å². The maximum absolute atomic E-state index is 13.1. The second-order valence-electron chi connectivity index (χ2n) is 7.74. The molecule has 0 saturated carbocycles. The normalized spacial score (nSPS) is 23.6. The number of hydrogen-bond donors (Lipinski definition) is 1. The molecule has 2 aliphatic heterocycles. The van der Waals surface area contributed by atoms with Crippen LogP contribution < -0.4 is 5.32 Å². The molecule has 1 N–H and O–H groups in total. The summed E-state index contributed by atoms with van der Waals surface area (Å²) < 4.78 is 5.82. The quantitative estimate of drug-likeness (QED) is 0.826. The van der Waals surface area contributed by atoms with E-state index in [1.165, 1.54) is 6.42 Å². The molecule has 1 atom stereocenters. The maximum atomic E-state index is 13.1. The van der Waals surface area contributed by atoms with Crippen LogP contribution in [0.4, 0.5) is 4.79 Å². The molecular weight excluding hydrogens is 358 g/mol. The highest BCUT2D eigenvalue weighted by Crippen LogP contribution is 2.33. The van der Waals surface area contributed by atoms with Crippen molar-refractivity contribution < 1.29 is 18.8 Å². The summed E-state index contributed by atoms with van der Waals surface area (Å²) in [6.07, 6.45) is 5.34. The highest BCUT2D eigenvalue weighted by molar-refractivity contribution is 6.09. The van der Waals surface area contributed by atoms with Crippen LogP contribution in [0, 0.1) is 0 Å². The van der Waals surface area contributed by atoms with E-state index in [4.69, 9.17) is 4.42 Å². The molecular formula is C21H25N3O4. The average molecular weight is 383 g/mol. The SMILES string of the molecule is C[C@@]1(c2cc3ccccc3o2)NC(=O)N(CC(=O)N2CCCCCCC2)C1=O. The fourth-order valence-corrected chi connectivity index (χ4v) is 3.97. The molecule has 0 aliphatic carbocycles. The highest BCUT2D eigenvalue weighted by Gasteiger charge is 2.51. The van der Waals surface area contributed by atoms with Gasteiger partial charge in [0.2, 0.25) is 5.91 Å². The number of imide groups is 1. The number of nitrogens with one attached hydrogen (secondary N) is 1. The van der Waals surface area contributed by atoms with Crippen molar-refractivity contribution in [1.82, 2.24) is 15.1 Å². The smallest absolute Gasteiger partial charge is 0.325 e. The number of nitrogens with zero attached hydrogens (tertiary/aromatic N) is 2. The molecule has 4 amide bonds. The molecule has 3 heterocycles. The van der Waals surface area contributed by atoms with Crippen LogP contribution in [-0.4, -0.2) is 47.3 Å². The first-order valence-corrected chi connectivity index (χ1v) is 9.90. The van der Waals surface area contributed by atoms with Gasteiger partial charge in [-0.1, -0.05) is 37.5 Å². The standard InChI is InChI=1S/C21H25N3O4/c1-21(17-13-15-9-5-6-10-16(15)28-17)19(26)24(20(27)22-21)14-18(25)23-11-7-3-2-4-8-12-23/h5-6,9-10,13H,2-4,7-8,11-12,14H2,1H3,(H,22,27)/t21-/m0/s1. The van der Waals surface area contributed by atoms with Gasteiger partial charge in [0, 0.05) is 18.5 Å². The van der Waals surface area contributed by atoms with Crippen LogP contribution in [0.5, 0.6) is 0 Å². The van der Waals surface area contributed by atoms with E-state index < -0.39 is 17.5 Å². The van der Waals surface area contributed by atoms with Crippen LogP contribution in [0.2, 0.25) is 0 Å². The lowest BCUT2D eigenvalue weighted by Gasteiger charge is -2.26. The van der Waals surface area contributed by atoms with Gasteiger partial charge < -0.3 is 14.6 Å². The van der Waals surface area contributed by atoms with Gasteiger partial charge >= 0.3 is 6.03 Å². The zero-order valence-electron chi connectivity index (χ0n) is 16.1. The molecule has 7 heteroatoms. The van der Waals surface area contributed by atoms with Gasteiger partial charge in [0.15, 0.2) is 5.54 Å². The van der Waals surface area contributed by atoms with Crippen LogP contribution in [0.3, 0.4) is 0 Å². The number of amides is 4. The Morgan fingerprint density at radius 2 is 1.79 bits per heavy atom. The number of carbonyl (C=O) groups excluding carboxylic acids is 3. The fourth-order valence-electron chi connectivity index (χ4n) is 3.97. The number of benzene rings is 1. The van der Waals surface area contributed by atoms with Gasteiger partial charge in [-0.15, -0.1) is 0 Å². The number of fused-ring (bicyclic) bond motifs is 1. The minimum absolute atomic E-state index is 0.181. The third-order valence-electron chi connectivity index (χ3n) is 5.70. The Bertz CT molecular complexity index is 880. The van der Waals surface area contributed by atoms with E-state index in [0.717, 1.165) is 36.0 Å². The van der Waals surface area contributed by atoms with Gasteiger partial charge in [-0.25, -0.2) is 4.79 Å². The van der Waals surface area contributed by atoms with Crippen molar-refractivity contribution >= 4 is 28.8 Å². The summed E-state index contributed by atoms with van der Waals surface area (Å²) in [5.74, 6) is -0.274. The number of furan rings is 1. The molecule has 0 spiro atoms. The predicted octanol–water partition coefficient (Wildman–Crippen LogP) is 2.99. The molecule has 1 aromatic carbocycles. The van der Waals surface area contributed by atoms with E-state index >= 15 is 0 Å². The van der Waals surface area contributed by atoms with Gasteiger partial charge in [-0.3, -0.25) is 14.5 Å². The van der Waals surface area contributed by atoms with Gasteiger partial charge in [-0.05, 0) is 31.9 Å². The minimum atomic E-state index is -1.31. The molecule has 0 radical (unpaired) electrons. The Morgan fingerprint density at radius 3 is 2.50 bits per heavy atom. The molecule has 2 saturated heterocycles. The Morgan fingerprint density at radius 1 is 1.11 bits per heavy atom. The summed E-state index contributed by atoms with van der Waals surface area (Å²) in [6.45, 7) is 2.75. The molecule has 2 aromatic rings. The third kappa shape index (κ3) is 3.25. The molecule has 2 fully saturated rings. The summed E-state index contributed by atoms with van der Waals surface area (Å²) in [5.41, 5.74) is -0.664. The molecule has 0 unspecified atom stereocenters. The van der Waals surface area contributed by atoms with Crippen molar-refractivity contribution in [2.45, 2.75) is 44.6 Å². The summed E-state index contributed by atoms with van der Waals surface area (Å²) >= 11 is 0. The lowest BCUT2D eigenvalue weighted by molar-refractivity contribution is -0.139. The second kappa shape index (κ2) is 7.30. The molecule has 0 bridgehead atoms. The van der Waals surface area contributed by atoms with E-state index in [-0.39, 0.29) is 12.5 Å². The number of likely N-dealkylation sites (tertiary alicyclic amines) is 1. The highest BCUT2D eigenvalue weighted by atomic mass is 16.3. The van der Waals surface area contributed by atoms with Crippen molar-refractivity contribution in [2.75, 3.05) is 19.6 Å². The average Bonchev–Trinajstić information content (AvgIpc) is 3.17. The number of carbonyl (C=O) groups is 3. The first-order chi connectivity index (χ1) is 13.5. The van der Waals surface area contributed by atoms with Crippen LogP contribution in [-0.2, 0) is 15.1 Å². The zero-order chi connectivity index (χ0) is 19.7. The van der Waals surface area contributed by atoms with E-state index in [1.54, 1.807) is 17.9 Å². The van der Waals surface area contributed by atoms with Crippen molar-refractivity contribution in [1.29, 1.82) is 0 Å². The van der Waals surface area contributed by atoms with Crippen LogP contribution >= 0.6 is 0 Å². The van der Waals surface area contributed by atoms with Gasteiger partial charge in [0.05, 0.1) is 0 Å². The van der Waals surface area contributed by atoms with Gasteiger partial charge in [0.25, 0.3) is 5.91 Å². The Labute approximate surface area is 163 Å². The minimum Gasteiger partial charge on any atom is -0.458 e. The first-order valence-electron chi connectivity index (χ1n) is 9.90. The lowest BCUT2D eigenvalue weighted by atomic mass is 9.99. The number of hydrogen-bond acceptors (Lipinski definition) is 4. The maximum Gasteiger partial charge on any atom is 0.325 e. The Kier molecular flexibility index (Phi) is 4.83. The molecule has 1 aromatic heterocycles. The Balaban J connectivity index is 1.52. The molecule has 4 rings (SSSR count).